The van der Waals surface area contributed by atoms with Gasteiger partial charge in [0.2, 0.25) is 10.0 Å². The van der Waals surface area contributed by atoms with Crippen molar-refractivity contribution in [3.05, 3.63) is 18.0 Å². The Labute approximate surface area is 123 Å². The molecule has 8 heteroatoms. The van der Waals surface area contributed by atoms with Gasteiger partial charge in [0.05, 0.1) is 6.61 Å². The van der Waals surface area contributed by atoms with Crippen molar-refractivity contribution in [2.24, 2.45) is 5.92 Å². The molecule has 2 rings (SSSR count). The zero-order chi connectivity index (χ0) is 15.8. The highest BCUT2D eigenvalue weighted by atomic mass is 32.2. The van der Waals surface area contributed by atoms with Crippen LogP contribution in [0.1, 0.15) is 43.2 Å². The summed E-state index contributed by atoms with van der Waals surface area (Å²) in [6.45, 7) is 3.27. The van der Waals surface area contributed by atoms with Gasteiger partial charge in [-0.1, -0.05) is 13.8 Å². The third kappa shape index (κ3) is 3.45. The highest BCUT2D eigenvalue weighted by Gasteiger charge is 2.31. The van der Waals surface area contributed by atoms with Crippen LogP contribution in [-0.2, 0) is 10.0 Å². The minimum absolute atomic E-state index is 0.0250. The Hall–Kier alpha value is -1.38. The Kier molecular flexibility index (Phi) is 4.40. The van der Waals surface area contributed by atoms with Crippen molar-refractivity contribution >= 4 is 16.0 Å². The minimum atomic E-state index is -3.85. The Bertz CT molecular complexity index is 631. The summed E-state index contributed by atoms with van der Waals surface area (Å²) in [5.41, 5.74) is -0.0250. The van der Waals surface area contributed by atoms with Crippen molar-refractivity contribution < 1.29 is 23.4 Å². The summed E-state index contributed by atoms with van der Waals surface area (Å²) in [4.78, 5) is 11.1. The molecule has 7 nitrogen and oxygen atoms in total. The number of hydrogen-bond acceptors (Lipinski definition) is 4. The fourth-order valence-electron chi connectivity index (χ4n) is 2.08. The van der Waals surface area contributed by atoms with Crippen LogP contribution >= 0.6 is 0 Å². The van der Waals surface area contributed by atoms with E-state index in [2.05, 4.69) is 4.72 Å². The number of aliphatic hydroxyl groups excluding tert-OH is 1. The molecule has 3 N–H and O–H groups in total. The van der Waals surface area contributed by atoms with Crippen LogP contribution < -0.4 is 4.72 Å². The van der Waals surface area contributed by atoms with Gasteiger partial charge in [0, 0.05) is 18.3 Å². The van der Waals surface area contributed by atoms with E-state index in [0.717, 1.165) is 18.9 Å². The summed E-state index contributed by atoms with van der Waals surface area (Å²) >= 11 is 0. The SMILES string of the molecule is CC(C)C(CO)NS(=O)(=O)c1cc(C(=O)O)n(C2CC2)c1. The summed E-state index contributed by atoms with van der Waals surface area (Å²) in [5.74, 6) is -1.22. The molecule has 21 heavy (non-hydrogen) atoms. The molecule has 0 spiro atoms. The molecule has 0 aliphatic heterocycles. The van der Waals surface area contributed by atoms with Gasteiger partial charge in [-0.3, -0.25) is 0 Å². The zero-order valence-corrected chi connectivity index (χ0v) is 12.8. The van der Waals surface area contributed by atoms with Crippen LogP contribution in [0, 0.1) is 5.92 Å². The number of carboxylic acid groups (broad SMARTS) is 1. The number of aromatic carboxylic acids is 1. The first kappa shape index (κ1) is 16.0. The summed E-state index contributed by atoms with van der Waals surface area (Å²) in [7, 11) is -3.85. The lowest BCUT2D eigenvalue weighted by molar-refractivity contribution is 0.0685. The zero-order valence-electron chi connectivity index (χ0n) is 12.0. The third-order valence-electron chi connectivity index (χ3n) is 3.60. The number of carbonyl (C=O) groups is 1. The molecule has 0 radical (unpaired) electrons. The topological polar surface area (TPSA) is 109 Å². The molecule has 1 aromatic rings. The Morgan fingerprint density at radius 3 is 2.52 bits per heavy atom. The molecule has 1 aliphatic carbocycles. The van der Waals surface area contributed by atoms with Gasteiger partial charge in [0.1, 0.15) is 10.6 Å². The maximum atomic E-state index is 12.3. The van der Waals surface area contributed by atoms with Gasteiger partial charge in [-0.2, -0.15) is 0 Å². The lowest BCUT2D eigenvalue weighted by atomic mass is 10.1. The van der Waals surface area contributed by atoms with E-state index in [1.807, 2.05) is 0 Å². The van der Waals surface area contributed by atoms with Crippen LogP contribution in [-0.4, -0.2) is 41.8 Å². The molecule has 0 aromatic carbocycles. The number of aliphatic hydroxyl groups is 1. The van der Waals surface area contributed by atoms with Crippen molar-refractivity contribution in [3.8, 4) is 0 Å². The van der Waals surface area contributed by atoms with Gasteiger partial charge >= 0.3 is 5.97 Å². The summed E-state index contributed by atoms with van der Waals surface area (Å²) in [5, 5.41) is 18.4. The molecule has 1 saturated carbocycles. The van der Waals surface area contributed by atoms with Crippen LogP contribution in [0.4, 0.5) is 0 Å². The molecule has 1 atom stereocenters. The third-order valence-corrected chi connectivity index (χ3v) is 5.06. The quantitative estimate of drug-likeness (QED) is 0.690. The first-order valence-electron chi connectivity index (χ1n) is 6.84. The second-order valence-corrected chi connectivity index (χ2v) is 7.37. The van der Waals surface area contributed by atoms with E-state index >= 15 is 0 Å². The maximum absolute atomic E-state index is 12.3. The van der Waals surface area contributed by atoms with E-state index in [1.54, 1.807) is 13.8 Å². The molecular formula is C13H20N2O5S. The molecule has 0 saturated heterocycles. The summed E-state index contributed by atoms with van der Waals surface area (Å²) in [6.07, 6.45) is 3.07. The van der Waals surface area contributed by atoms with Gasteiger partial charge in [-0.05, 0) is 24.8 Å². The lowest BCUT2D eigenvalue weighted by Crippen LogP contribution is -2.40. The summed E-state index contributed by atoms with van der Waals surface area (Å²) in [6, 6.07) is 0.629. The number of nitrogens with zero attached hydrogens (tertiary/aromatic N) is 1. The smallest absolute Gasteiger partial charge is 0.352 e. The van der Waals surface area contributed by atoms with Crippen molar-refractivity contribution in [1.82, 2.24) is 9.29 Å². The van der Waals surface area contributed by atoms with Gasteiger partial charge < -0.3 is 14.8 Å². The van der Waals surface area contributed by atoms with Crippen molar-refractivity contribution in [1.29, 1.82) is 0 Å². The normalized spacial score (nSPS) is 17.1. The first-order chi connectivity index (χ1) is 9.76. The Morgan fingerprint density at radius 2 is 2.10 bits per heavy atom. The Balaban J connectivity index is 2.32. The first-order valence-corrected chi connectivity index (χ1v) is 8.33. The van der Waals surface area contributed by atoms with Gasteiger partial charge in [0.25, 0.3) is 0 Å². The van der Waals surface area contributed by atoms with E-state index < -0.39 is 22.0 Å². The fourth-order valence-corrected chi connectivity index (χ4v) is 3.48. The van der Waals surface area contributed by atoms with E-state index in [4.69, 9.17) is 5.11 Å². The predicted octanol–water partition coefficient (Wildman–Crippen LogP) is 0.816. The highest BCUT2D eigenvalue weighted by molar-refractivity contribution is 7.89. The molecule has 1 aromatic heterocycles. The Morgan fingerprint density at radius 1 is 1.48 bits per heavy atom. The standard InChI is InChI=1S/C13H20N2O5S/c1-8(2)11(7-16)14-21(19,20)10-5-12(13(17)18)15(6-10)9-3-4-9/h5-6,8-9,11,14,16H,3-4,7H2,1-2H3,(H,17,18). The van der Waals surface area contributed by atoms with Gasteiger partial charge in [-0.25, -0.2) is 17.9 Å². The number of sulfonamides is 1. The molecule has 1 unspecified atom stereocenters. The van der Waals surface area contributed by atoms with Crippen molar-refractivity contribution in [2.45, 2.75) is 43.7 Å². The van der Waals surface area contributed by atoms with E-state index in [9.17, 15) is 18.3 Å². The van der Waals surface area contributed by atoms with Crippen molar-refractivity contribution in [3.63, 3.8) is 0 Å². The lowest BCUT2D eigenvalue weighted by Gasteiger charge is -2.19. The summed E-state index contributed by atoms with van der Waals surface area (Å²) < 4.78 is 28.5. The van der Waals surface area contributed by atoms with Crippen LogP contribution in [0.15, 0.2) is 17.2 Å². The van der Waals surface area contributed by atoms with E-state index in [-0.39, 0.29) is 29.2 Å². The van der Waals surface area contributed by atoms with Crippen LogP contribution in [0.3, 0.4) is 0 Å². The number of carboxylic acids is 1. The van der Waals surface area contributed by atoms with Crippen LogP contribution in [0.2, 0.25) is 0 Å². The number of rotatable bonds is 7. The highest BCUT2D eigenvalue weighted by Crippen LogP contribution is 2.37. The average Bonchev–Trinajstić information content (AvgIpc) is 3.13. The monoisotopic (exact) mass is 316 g/mol. The predicted molar refractivity (Wildman–Crippen MR) is 75.7 cm³/mol. The van der Waals surface area contributed by atoms with Crippen LogP contribution in [0.5, 0.6) is 0 Å². The second-order valence-electron chi connectivity index (χ2n) is 5.66. The number of hydrogen-bond donors (Lipinski definition) is 3. The number of aromatic nitrogens is 1. The molecule has 1 aliphatic rings. The number of nitrogens with one attached hydrogen (secondary N) is 1. The molecule has 0 bridgehead atoms. The molecule has 1 heterocycles. The van der Waals surface area contributed by atoms with E-state index in [0.29, 0.717) is 0 Å². The largest absolute Gasteiger partial charge is 0.477 e. The molecule has 0 amide bonds. The second kappa shape index (κ2) is 5.78. The maximum Gasteiger partial charge on any atom is 0.352 e. The fraction of sp³-hybridized carbons (Fsp3) is 0.615. The van der Waals surface area contributed by atoms with Crippen molar-refractivity contribution in [2.75, 3.05) is 6.61 Å². The molecule has 1 fully saturated rings. The average molecular weight is 316 g/mol. The van der Waals surface area contributed by atoms with Gasteiger partial charge in [-0.15, -0.1) is 0 Å². The van der Waals surface area contributed by atoms with E-state index in [1.165, 1.54) is 10.8 Å². The molecular weight excluding hydrogens is 296 g/mol. The minimum Gasteiger partial charge on any atom is -0.477 e. The van der Waals surface area contributed by atoms with Gasteiger partial charge in [0.15, 0.2) is 0 Å². The van der Waals surface area contributed by atoms with Crippen LogP contribution in [0.25, 0.3) is 0 Å². The molecule has 118 valence electrons.